The molecule has 3 N–H and O–H groups in total. The maximum Gasteiger partial charge on any atom is 0.138 e. The van der Waals surface area contributed by atoms with Crippen molar-refractivity contribution < 1.29 is 10.2 Å². The Balaban J connectivity index is 1.89. The quantitative estimate of drug-likeness (QED) is 0.778. The molecule has 0 amide bonds. The SMILES string of the molecule is OCC1CCCCC1CNCc1cc(Cl)cc(Cl)c1O. The number of phenolic OH excluding ortho intramolecular Hbond substituents is 1. The summed E-state index contributed by atoms with van der Waals surface area (Å²) in [7, 11) is 0. The summed E-state index contributed by atoms with van der Waals surface area (Å²) in [6, 6.07) is 3.25. The van der Waals surface area contributed by atoms with E-state index in [1.165, 1.54) is 18.9 Å². The summed E-state index contributed by atoms with van der Waals surface area (Å²) in [4.78, 5) is 0. The predicted molar refractivity (Wildman–Crippen MR) is 82.4 cm³/mol. The normalized spacial score (nSPS) is 22.9. The number of benzene rings is 1. The van der Waals surface area contributed by atoms with E-state index in [0.29, 0.717) is 29.0 Å². The lowest BCUT2D eigenvalue weighted by Gasteiger charge is -2.30. The highest BCUT2D eigenvalue weighted by Gasteiger charge is 2.24. The number of rotatable bonds is 5. The van der Waals surface area contributed by atoms with Gasteiger partial charge in [0.05, 0.1) is 5.02 Å². The van der Waals surface area contributed by atoms with Gasteiger partial charge in [0.2, 0.25) is 0 Å². The average Bonchev–Trinajstić information content (AvgIpc) is 2.44. The summed E-state index contributed by atoms with van der Waals surface area (Å²) >= 11 is 11.8. The number of hydrogen-bond acceptors (Lipinski definition) is 3. The molecule has 1 aromatic rings. The fourth-order valence-electron chi connectivity index (χ4n) is 2.94. The van der Waals surface area contributed by atoms with Crippen LogP contribution in [0.4, 0.5) is 0 Å². The molecular weight excluding hydrogens is 297 g/mol. The van der Waals surface area contributed by atoms with E-state index in [0.717, 1.165) is 19.4 Å². The Bertz CT molecular complexity index is 454. The van der Waals surface area contributed by atoms with Crippen LogP contribution in [0.25, 0.3) is 0 Å². The van der Waals surface area contributed by atoms with Gasteiger partial charge in [-0.25, -0.2) is 0 Å². The molecule has 0 heterocycles. The van der Waals surface area contributed by atoms with Gasteiger partial charge in [-0.15, -0.1) is 0 Å². The second-order valence-corrected chi connectivity index (χ2v) is 6.36. The van der Waals surface area contributed by atoms with Gasteiger partial charge < -0.3 is 15.5 Å². The maximum absolute atomic E-state index is 9.89. The van der Waals surface area contributed by atoms with Crippen molar-refractivity contribution in [2.75, 3.05) is 13.2 Å². The first-order valence-corrected chi connectivity index (χ1v) is 7.86. The van der Waals surface area contributed by atoms with Gasteiger partial charge in [0.25, 0.3) is 0 Å². The number of halogens is 2. The lowest BCUT2D eigenvalue weighted by molar-refractivity contribution is 0.133. The van der Waals surface area contributed by atoms with E-state index < -0.39 is 0 Å². The van der Waals surface area contributed by atoms with Crippen molar-refractivity contribution in [3.05, 3.63) is 27.7 Å². The first kappa shape index (κ1) is 15.9. The van der Waals surface area contributed by atoms with Crippen LogP contribution in [-0.4, -0.2) is 23.4 Å². The molecule has 2 rings (SSSR count). The van der Waals surface area contributed by atoms with Crippen LogP contribution in [0.5, 0.6) is 5.75 Å². The van der Waals surface area contributed by atoms with Gasteiger partial charge in [-0.2, -0.15) is 0 Å². The van der Waals surface area contributed by atoms with Gasteiger partial charge in [0.15, 0.2) is 0 Å². The van der Waals surface area contributed by atoms with E-state index in [1.807, 2.05) is 0 Å². The van der Waals surface area contributed by atoms with Gasteiger partial charge in [-0.1, -0.05) is 36.0 Å². The Morgan fingerprint density at radius 1 is 1.15 bits per heavy atom. The summed E-state index contributed by atoms with van der Waals surface area (Å²) in [6.45, 7) is 1.64. The zero-order valence-corrected chi connectivity index (χ0v) is 12.9. The molecule has 1 aliphatic rings. The molecule has 3 nitrogen and oxygen atoms in total. The summed E-state index contributed by atoms with van der Waals surface area (Å²) < 4.78 is 0. The van der Waals surface area contributed by atoms with Crippen molar-refractivity contribution in [3.63, 3.8) is 0 Å². The van der Waals surface area contributed by atoms with Gasteiger partial charge in [-0.05, 0) is 43.4 Å². The monoisotopic (exact) mass is 317 g/mol. The molecule has 2 atom stereocenters. The number of nitrogens with one attached hydrogen (secondary N) is 1. The Morgan fingerprint density at radius 3 is 2.55 bits per heavy atom. The first-order chi connectivity index (χ1) is 9.61. The van der Waals surface area contributed by atoms with E-state index in [2.05, 4.69) is 5.32 Å². The van der Waals surface area contributed by atoms with Crippen LogP contribution >= 0.6 is 23.2 Å². The number of aliphatic hydroxyl groups excluding tert-OH is 1. The van der Waals surface area contributed by atoms with E-state index in [9.17, 15) is 10.2 Å². The minimum atomic E-state index is 0.0888. The lowest BCUT2D eigenvalue weighted by Crippen LogP contribution is -2.32. The van der Waals surface area contributed by atoms with Gasteiger partial charge >= 0.3 is 0 Å². The third-order valence-corrected chi connectivity index (χ3v) is 4.64. The zero-order chi connectivity index (χ0) is 14.5. The maximum atomic E-state index is 9.89. The van der Waals surface area contributed by atoms with Crippen LogP contribution < -0.4 is 5.32 Å². The zero-order valence-electron chi connectivity index (χ0n) is 11.4. The van der Waals surface area contributed by atoms with E-state index >= 15 is 0 Å². The second-order valence-electron chi connectivity index (χ2n) is 5.51. The fourth-order valence-corrected chi connectivity index (χ4v) is 3.48. The molecule has 20 heavy (non-hydrogen) atoms. The van der Waals surface area contributed by atoms with Crippen molar-refractivity contribution >= 4 is 23.2 Å². The Labute approximate surface area is 129 Å². The number of aliphatic hydroxyl groups is 1. The molecule has 112 valence electrons. The van der Waals surface area contributed by atoms with E-state index in [4.69, 9.17) is 23.2 Å². The summed E-state index contributed by atoms with van der Waals surface area (Å²) in [5, 5.41) is 23.4. The molecule has 0 bridgehead atoms. The first-order valence-electron chi connectivity index (χ1n) is 7.10. The Hall–Kier alpha value is -0.480. The van der Waals surface area contributed by atoms with Gasteiger partial charge in [-0.3, -0.25) is 0 Å². The van der Waals surface area contributed by atoms with Crippen molar-refractivity contribution in [2.45, 2.75) is 32.2 Å². The Kier molecular flexibility index (Phi) is 5.97. The van der Waals surface area contributed by atoms with Gasteiger partial charge in [0, 0.05) is 23.7 Å². The molecule has 0 saturated heterocycles. The predicted octanol–water partition coefficient (Wildman–Crippen LogP) is 3.59. The highest BCUT2D eigenvalue weighted by atomic mass is 35.5. The third-order valence-electron chi connectivity index (χ3n) is 4.13. The number of hydrogen-bond donors (Lipinski definition) is 3. The minimum Gasteiger partial charge on any atom is -0.506 e. The van der Waals surface area contributed by atoms with E-state index in [1.54, 1.807) is 6.07 Å². The molecule has 1 aliphatic carbocycles. The molecule has 0 aliphatic heterocycles. The molecule has 1 aromatic carbocycles. The van der Waals surface area contributed by atoms with Crippen molar-refractivity contribution in [3.8, 4) is 5.75 Å². The Morgan fingerprint density at radius 2 is 1.85 bits per heavy atom. The summed E-state index contributed by atoms with van der Waals surface area (Å²) in [5.74, 6) is 0.990. The molecule has 1 fully saturated rings. The lowest BCUT2D eigenvalue weighted by atomic mass is 9.79. The van der Waals surface area contributed by atoms with E-state index in [-0.39, 0.29) is 17.4 Å². The van der Waals surface area contributed by atoms with Crippen molar-refractivity contribution in [2.24, 2.45) is 11.8 Å². The number of phenols is 1. The number of aromatic hydroxyl groups is 1. The smallest absolute Gasteiger partial charge is 0.138 e. The average molecular weight is 318 g/mol. The fraction of sp³-hybridized carbons (Fsp3) is 0.600. The standard InChI is InChI=1S/C15H21Cl2NO2/c16-13-5-12(15(20)14(17)6-13)8-18-7-10-3-1-2-4-11(10)9-19/h5-6,10-11,18-20H,1-4,7-9H2. The summed E-state index contributed by atoms with van der Waals surface area (Å²) in [6.07, 6.45) is 4.71. The topological polar surface area (TPSA) is 52.5 Å². The third kappa shape index (κ3) is 4.01. The highest BCUT2D eigenvalue weighted by molar-refractivity contribution is 6.35. The summed E-state index contributed by atoms with van der Waals surface area (Å²) in [5.41, 5.74) is 0.707. The van der Waals surface area contributed by atoms with Crippen LogP contribution in [0, 0.1) is 11.8 Å². The van der Waals surface area contributed by atoms with Gasteiger partial charge in [0.1, 0.15) is 5.75 Å². The molecule has 0 aromatic heterocycles. The van der Waals surface area contributed by atoms with Crippen molar-refractivity contribution in [1.29, 1.82) is 0 Å². The molecule has 0 spiro atoms. The van der Waals surface area contributed by atoms with Crippen LogP contribution in [0.1, 0.15) is 31.2 Å². The molecule has 1 saturated carbocycles. The van der Waals surface area contributed by atoms with Crippen LogP contribution in [0.15, 0.2) is 12.1 Å². The largest absolute Gasteiger partial charge is 0.506 e. The second kappa shape index (κ2) is 7.51. The van der Waals surface area contributed by atoms with Crippen LogP contribution in [0.2, 0.25) is 10.0 Å². The van der Waals surface area contributed by atoms with Crippen molar-refractivity contribution in [1.82, 2.24) is 5.32 Å². The van der Waals surface area contributed by atoms with Crippen LogP contribution in [0.3, 0.4) is 0 Å². The molecule has 2 unspecified atom stereocenters. The minimum absolute atomic E-state index is 0.0888. The van der Waals surface area contributed by atoms with Crippen LogP contribution in [-0.2, 0) is 6.54 Å². The molecular formula is C15H21Cl2NO2. The molecule has 5 heteroatoms. The molecule has 0 radical (unpaired) electrons. The highest BCUT2D eigenvalue weighted by Crippen LogP contribution is 2.32.